The minimum absolute atomic E-state index is 0.110. The fourth-order valence-electron chi connectivity index (χ4n) is 1.66. The molecule has 0 spiro atoms. The van der Waals surface area contributed by atoms with Gasteiger partial charge in [0, 0.05) is 14.1 Å². The minimum Gasteiger partial charge on any atom is -0.212 e. The van der Waals surface area contributed by atoms with Gasteiger partial charge in [-0.1, -0.05) is 19.3 Å². The van der Waals surface area contributed by atoms with E-state index in [1.165, 1.54) is 10.7 Å². The SMILES string of the molecule is CN(C)S(=O)(=O)C1CCCCC1. The molecular weight excluding hydrogens is 174 g/mol. The fraction of sp³-hybridized carbons (Fsp3) is 1.00. The second-order valence-electron chi connectivity index (χ2n) is 3.59. The Labute approximate surface area is 74.8 Å². The Balaban J connectivity index is 2.67. The molecule has 1 aliphatic rings. The molecule has 0 aromatic carbocycles. The molecule has 1 fully saturated rings. The van der Waals surface area contributed by atoms with Crippen LogP contribution < -0.4 is 0 Å². The number of rotatable bonds is 2. The maximum absolute atomic E-state index is 11.6. The van der Waals surface area contributed by atoms with Crippen LogP contribution in [-0.4, -0.2) is 32.1 Å². The molecule has 0 unspecified atom stereocenters. The molecule has 0 aromatic rings. The summed E-state index contributed by atoms with van der Waals surface area (Å²) >= 11 is 0. The fourth-order valence-corrected chi connectivity index (χ4v) is 3.19. The van der Waals surface area contributed by atoms with Crippen LogP contribution in [0.1, 0.15) is 32.1 Å². The summed E-state index contributed by atoms with van der Waals surface area (Å²) in [6.45, 7) is 0. The van der Waals surface area contributed by atoms with Crippen LogP contribution in [0, 0.1) is 0 Å². The van der Waals surface area contributed by atoms with E-state index >= 15 is 0 Å². The number of nitrogens with zero attached hydrogens (tertiary/aromatic N) is 1. The second kappa shape index (κ2) is 3.75. The lowest BCUT2D eigenvalue weighted by atomic mass is 10.0. The lowest BCUT2D eigenvalue weighted by Crippen LogP contribution is -2.34. The highest BCUT2D eigenvalue weighted by molar-refractivity contribution is 7.89. The van der Waals surface area contributed by atoms with E-state index in [0.717, 1.165) is 25.7 Å². The van der Waals surface area contributed by atoms with Crippen molar-refractivity contribution in [2.24, 2.45) is 0 Å². The highest BCUT2D eigenvalue weighted by atomic mass is 32.2. The first-order valence-corrected chi connectivity index (χ1v) is 5.97. The van der Waals surface area contributed by atoms with Crippen LogP contribution in [0.25, 0.3) is 0 Å². The molecule has 12 heavy (non-hydrogen) atoms. The maximum atomic E-state index is 11.6. The summed E-state index contributed by atoms with van der Waals surface area (Å²) in [5.74, 6) is 0. The third-order valence-corrected chi connectivity index (χ3v) is 4.81. The van der Waals surface area contributed by atoms with E-state index in [4.69, 9.17) is 0 Å². The zero-order chi connectivity index (χ0) is 9.19. The molecule has 0 saturated heterocycles. The molecule has 0 aromatic heterocycles. The molecule has 1 saturated carbocycles. The third-order valence-electron chi connectivity index (χ3n) is 2.48. The average molecular weight is 191 g/mol. The molecule has 0 amide bonds. The number of hydrogen-bond acceptors (Lipinski definition) is 2. The summed E-state index contributed by atoms with van der Waals surface area (Å²) in [6, 6.07) is 0. The smallest absolute Gasteiger partial charge is 0.212 e. The van der Waals surface area contributed by atoms with Gasteiger partial charge in [0.25, 0.3) is 0 Å². The molecular formula is C8H17NO2S. The Hall–Kier alpha value is -0.0900. The van der Waals surface area contributed by atoms with E-state index < -0.39 is 10.0 Å². The molecule has 4 heteroatoms. The van der Waals surface area contributed by atoms with Crippen LogP contribution >= 0.6 is 0 Å². The van der Waals surface area contributed by atoms with Gasteiger partial charge < -0.3 is 0 Å². The van der Waals surface area contributed by atoms with Gasteiger partial charge in [-0.2, -0.15) is 0 Å². The molecule has 0 atom stereocenters. The summed E-state index contributed by atoms with van der Waals surface area (Å²) in [4.78, 5) is 0. The minimum atomic E-state index is -2.97. The second-order valence-corrected chi connectivity index (χ2v) is 6.01. The van der Waals surface area contributed by atoms with Crippen molar-refractivity contribution in [1.29, 1.82) is 0 Å². The van der Waals surface area contributed by atoms with Crippen molar-refractivity contribution in [3.05, 3.63) is 0 Å². The van der Waals surface area contributed by atoms with Crippen LogP contribution in [0.2, 0.25) is 0 Å². The number of hydrogen-bond donors (Lipinski definition) is 0. The van der Waals surface area contributed by atoms with Crippen LogP contribution in [0.5, 0.6) is 0 Å². The van der Waals surface area contributed by atoms with Crippen LogP contribution in [0.3, 0.4) is 0 Å². The van der Waals surface area contributed by atoms with E-state index in [1.54, 1.807) is 14.1 Å². The third kappa shape index (κ3) is 1.98. The van der Waals surface area contributed by atoms with Gasteiger partial charge >= 0.3 is 0 Å². The Kier molecular flexibility index (Phi) is 3.12. The Morgan fingerprint density at radius 3 is 2.00 bits per heavy atom. The Morgan fingerprint density at radius 2 is 1.58 bits per heavy atom. The molecule has 0 heterocycles. The zero-order valence-electron chi connectivity index (χ0n) is 7.78. The van der Waals surface area contributed by atoms with Crippen molar-refractivity contribution < 1.29 is 8.42 Å². The molecule has 1 rings (SSSR count). The van der Waals surface area contributed by atoms with E-state index in [9.17, 15) is 8.42 Å². The van der Waals surface area contributed by atoms with E-state index in [0.29, 0.717) is 0 Å². The molecule has 72 valence electrons. The van der Waals surface area contributed by atoms with Crippen LogP contribution in [0.15, 0.2) is 0 Å². The monoisotopic (exact) mass is 191 g/mol. The van der Waals surface area contributed by atoms with Crippen molar-refractivity contribution in [2.75, 3.05) is 14.1 Å². The first-order chi connectivity index (χ1) is 5.55. The first kappa shape index (κ1) is 9.99. The van der Waals surface area contributed by atoms with Gasteiger partial charge in [-0.05, 0) is 12.8 Å². The highest BCUT2D eigenvalue weighted by Gasteiger charge is 2.28. The normalized spacial score (nSPS) is 21.6. The standard InChI is InChI=1S/C8H17NO2S/c1-9(2)12(10,11)8-6-4-3-5-7-8/h8H,3-7H2,1-2H3. The molecule has 0 bridgehead atoms. The van der Waals surface area contributed by atoms with Gasteiger partial charge in [-0.25, -0.2) is 12.7 Å². The van der Waals surface area contributed by atoms with Gasteiger partial charge in [-0.15, -0.1) is 0 Å². The molecule has 3 nitrogen and oxygen atoms in total. The summed E-state index contributed by atoms with van der Waals surface area (Å²) in [6.07, 6.45) is 5.02. The zero-order valence-corrected chi connectivity index (χ0v) is 8.60. The van der Waals surface area contributed by atoms with Crippen molar-refractivity contribution >= 4 is 10.0 Å². The van der Waals surface area contributed by atoms with Gasteiger partial charge in [0.15, 0.2) is 0 Å². The largest absolute Gasteiger partial charge is 0.216 e. The van der Waals surface area contributed by atoms with Gasteiger partial charge in [-0.3, -0.25) is 0 Å². The molecule has 0 N–H and O–H groups in total. The highest BCUT2D eigenvalue weighted by Crippen LogP contribution is 2.24. The summed E-state index contributed by atoms with van der Waals surface area (Å²) < 4.78 is 24.6. The first-order valence-electron chi connectivity index (χ1n) is 4.46. The predicted molar refractivity (Wildman–Crippen MR) is 49.5 cm³/mol. The van der Waals surface area contributed by atoms with Gasteiger partial charge in [0.05, 0.1) is 5.25 Å². The van der Waals surface area contributed by atoms with Crippen LogP contribution in [0.4, 0.5) is 0 Å². The summed E-state index contributed by atoms with van der Waals surface area (Å²) in [7, 11) is 0.263. The molecule has 0 radical (unpaired) electrons. The molecule has 0 aliphatic heterocycles. The lowest BCUT2D eigenvalue weighted by Gasteiger charge is -2.24. The quantitative estimate of drug-likeness (QED) is 0.658. The molecule has 1 aliphatic carbocycles. The van der Waals surface area contributed by atoms with E-state index in [1.807, 2.05) is 0 Å². The number of sulfonamides is 1. The Bertz CT molecular complexity index is 227. The van der Waals surface area contributed by atoms with E-state index in [2.05, 4.69) is 0 Å². The summed E-state index contributed by atoms with van der Waals surface area (Å²) in [5, 5.41) is -0.110. The topological polar surface area (TPSA) is 37.4 Å². The lowest BCUT2D eigenvalue weighted by molar-refractivity contribution is 0.450. The predicted octanol–water partition coefficient (Wildman–Crippen LogP) is 1.21. The van der Waals surface area contributed by atoms with Crippen molar-refractivity contribution in [1.82, 2.24) is 4.31 Å². The van der Waals surface area contributed by atoms with Crippen molar-refractivity contribution in [2.45, 2.75) is 37.4 Å². The van der Waals surface area contributed by atoms with Gasteiger partial charge in [0.2, 0.25) is 10.0 Å². The van der Waals surface area contributed by atoms with E-state index in [-0.39, 0.29) is 5.25 Å². The van der Waals surface area contributed by atoms with Gasteiger partial charge in [0.1, 0.15) is 0 Å². The summed E-state index contributed by atoms with van der Waals surface area (Å²) in [5.41, 5.74) is 0. The maximum Gasteiger partial charge on any atom is 0.216 e. The van der Waals surface area contributed by atoms with Crippen molar-refractivity contribution in [3.63, 3.8) is 0 Å². The van der Waals surface area contributed by atoms with Crippen molar-refractivity contribution in [3.8, 4) is 0 Å². The Morgan fingerprint density at radius 1 is 1.08 bits per heavy atom. The average Bonchev–Trinajstić information content (AvgIpc) is 2.06. The van der Waals surface area contributed by atoms with Crippen LogP contribution in [-0.2, 0) is 10.0 Å².